The minimum absolute atomic E-state index is 0.418. The first-order valence-corrected chi connectivity index (χ1v) is 12.7. The van der Waals surface area contributed by atoms with Gasteiger partial charge in [-0.3, -0.25) is 0 Å². The highest BCUT2D eigenvalue weighted by atomic mass is 15.2. The molecule has 0 aliphatic heterocycles. The van der Waals surface area contributed by atoms with Gasteiger partial charge in [0.05, 0.1) is 11.7 Å². The van der Waals surface area contributed by atoms with Gasteiger partial charge >= 0.3 is 0 Å². The van der Waals surface area contributed by atoms with E-state index in [-0.39, 0.29) is 0 Å². The molecule has 1 saturated carbocycles. The Bertz CT molecular complexity index is 1260. The molecule has 0 amide bonds. The van der Waals surface area contributed by atoms with Crippen molar-refractivity contribution in [2.24, 2.45) is 5.41 Å². The van der Waals surface area contributed by atoms with E-state index in [1.54, 1.807) is 0 Å². The Kier molecular flexibility index (Phi) is 7.35. The number of nitrogens with one attached hydrogen (secondary N) is 2. The fourth-order valence-electron chi connectivity index (χ4n) is 4.07. The molecule has 4 heterocycles. The fourth-order valence-corrected chi connectivity index (χ4v) is 4.07. The van der Waals surface area contributed by atoms with Crippen molar-refractivity contribution in [3.63, 3.8) is 0 Å². The van der Waals surface area contributed by atoms with Crippen LogP contribution >= 0.6 is 0 Å². The molecule has 1 fully saturated rings. The minimum Gasteiger partial charge on any atom is -0.354 e. The molecule has 0 saturated heterocycles. The van der Waals surface area contributed by atoms with Crippen molar-refractivity contribution in [1.29, 1.82) is 0 Å². The van der Waals surface area contributed by atoms with E-state index in [1.807, 2.05) is 36.2 Å². The molecular weight excluding hydrogens is 420 g/mol. The maximum Gasteiger partial charge on any atom is 0.224 e. The van der Waals surface area contributed by atoms with Crippen molar-refractivity contribution in [1.82, 2.24) is 24.6 Å². The van der Waals surface area contributed by atoms with Gasteiger partial charge in [0.15, 0.2) is 0 Å². The number of rotatable bonds is 9. The van der Waals surface area contributed by atoms with E-state index in [0.717, 1.165) is 45.4 Å². The number of H-pyrrole nitrogens is 1. The molecule has 2 N–H and O–H groups in total. The number of hydrogen-bond acceptors (Lipinski definition) is 4. The zero-order valence-electron chi connectivity index (χ0n) is 21.1. The average Bonchev–Trinajstić information content (AvgIpc) is 3.23. The SMILES string of the molecule is C=C(C)c1cnn2ccc(-c3c[nH]c4nc(NCC5(C)CC5)ncc34)cc12.CCCCCCC. The second-order valence-corrected chi connectivity index (χ2v) is 9.97. The Balaban J connectivity index is 0.000000344. The molecule has 0 unspecified atom stereocenters. The third-order valence-corrected chi connectivity index (χ3v) is 6.71. The average molecular weight is 459 g/mol. The minimum atomic E-state index is 0.418. The molecule has 6 heteroatoms. The first-order valence-electron chi connectivity index (χ1n) is 12.7. The van der Waals surface area contributed by atoms with E-state index in [1.165, 1.54) is 44.9 Å². The Morgan fingerprint density at radius 1 is 1.18 bits per heavy atom. The molecule has 0 atom stereocenters. The van der Waals surface area contributed by atoms with Crippen LogP contribution in [0.4, 0.5) is 5.95 Å². The zero-order valence-corrected chi connectivity index (χ0v) is 21.1. The molecule has 34 heavy (non-hydrogen) atoms. The maximum atomic E-state index is 4.64. The molecular formula is C28H38N6. The summed E-state index contributed by atoms with van der Waals surface area (Å²) in [6.07, 6.45) is 17.3. The quantitative estimate of drug-likeness (QED) is 0.255. The van der Waals surface area contributed by atoms with E-state index < -0.39 is 0 Å². The predicted molar refractivity (Wildman–Crippen MR) is 143 cm³/mol. The highest BCUT2D eigenvalue weighted by molar-refractivity contribution is 5.94. The lowest BCUT2D eigenvalue weighted by molar-refractivity contribution is 0.608. The number of pyridine rings is 1. The van der Waals surface area contributed by atoms with E-state index >= 15 is 0 Å². The molecule has 5 rings (SSSR count). The van der Waals surface area contributed by atoms with Gasteiger partial charge < -0.3 is 10.3 Å². The van der Waals surface area contributed by atoms with Crippen LogP contribution < -0.4 is 5.32 Å². The van der Waals surface area contributed by atoms with Crippen molar-refractivity contribution < 1.29 is 0 Å². The summed E-state index contributed by atoms with van der Waals surface area (Å²) >= 11 is 0. The van der Waals surface area contributed by atoms with Crippen molar-refractivity contribution in [2.45, 2.75) is 72.6 Å². The van der Waals surface area contributed by atoms with Crippen LogP contribution in [0.3, 0.4) is 0 Å². The lowest BCUT2D eigenvalue weighted by Gasteiger charge is -2.09. The molecule has 0 bridgehead atoms. The summed E-state index contributed by atoms with van der Waals surface area (Å²) in [4.78, 5) is 12.4. The summed E-state index contributed by atoms with van der Waals surface area (Å²) in [5.74, 6) is 0.680. The van der Waals surface area contributed by atoms with E-state index in [0.29, 0.717) is 11.4 Å². The largest absolute Gasteiger partial charge is 0.354 e. The molecule has 6 nitrogen and oxygen atoms in total. The van der Waals surface area contributed by atoms with Crippen LogP contribution in [0.15, 0.2) is 43.5 Å². The Hall–Kier alpha value is -3.15. The third-order valence-electron chi connectivity index (χ3n) is 6.71. The van der Waals surface area contributed by atoms with Gasteiger partial charge in [0.25, 0.3) is 0 Å². The van der Waals surface area contributed by atoms with Crippen molar-refractivity contribution in [3.8, 4) is 11.1 Å². The number of anilines is 1. The van der Waals surface area contributed by atoms with E-state index in [2.05, 4.69) is 64.9 Å². The molecule has 4 aromatic rings. The van der Waals surface area contributed by atoms with Gasteiger partial charge in [0, 0.05) is 41.6 Å². The number of nitrogens with zero attached hydrogens (tertiary/aromatic N) is 4. The Labute approximate surface area is 202 Å². The lowest BCUT2D eigenvalue weighted by atomic mass is 10.1. The lowest BCUT2D eigenvalue weighted by Crippen LogP contribution is -2.13. The molecule has 0 aromatic carbocycles. The van der Waals surface area contributed by atoms with Crippen LogP contribution in [0.2, 0.25) is 0 Å². The van der Waals surface area contributed by atoms with Gasteiger partial charge in [0.1, 0.15) is 5.65 Å². The summed E-state index contributed by atoms with van der Waals surface area (Å²) in [6, 6.07) is 4.20. The number of unbranched alkanes of at least 4 members (excludes halogenated alkanes) is 4. The van der Waals surface area contributed by atoms with Gasteiger partial charge in [-0.15, -0.1) is 0 Å². The topological polar surface area (TPSA) is 70.9 Å². The predicted octanol–water partition coefficient (Wildman–Crippen LogP) is 7.49. The highest BCUT2D eigenvalue weighted by Crippen LogP contribution is 2.44. The van der Waals surface area contributed by atoms with Gasteiger partial charge in [-0.25, -0.2) is 9.50 Å². The molecule has 180 valence electrons. The number of hydrogen-bond donors (Lipinski definition) is 2. The molecule has 1 aliphatic carbocycles. The Morgan fingerprint density at radius 3 is 2.62 bits per heavy atom. The third kappa shape index (κ3) is 5.49. The van der Waals surface area contributed by atoms with Gasteiger partial charge in [-0.1, -0.05) is 59.5 Å². The van der Waals surface area contributed by atoms with Crippen molar-refractivity contribution in [2.75, 3.05) is 11.9 Å². The molecule has 1 aliphatic rings. The fraction of sp³-hybridized carbons (Fsp3) is 0.464. The number of allylic oxidation sites excluding steroid dienone is 1. The van der Waals surface area contributed by atoms with Crippen LogP contribution in [0, 0.1) is 5.41 Å². The standard InChI is InChI=1S/C21H22N6.C7H16/c1-13(2)15-11-25-27-7-4-14(8-18(15)27)16-9-22-19-17(16)10-23-20(26-19)24-12-21(3)5-6-21;1-3-5-7-6-4-2/h4,7-11H,1,5-6,12H2,2-3H3,(H2,22,23,24,26);3-7H2,1-2H3. The second kappa shape index (κ2) is 10.4. The molecule has 0 radical (unpaired) electrons. The summed E-state index contributed by atoms with van der Waals surface area (Å²) in [6.45, 7) is 13.8. The monoisotopic (exact) mass is 458 g/mol. The van der Waals surface area contributed by atoms with E-state index in [4.69, 9.17) is 0 Å². The molecule has 0 spiro atoms. The number of aromatic nitrogens is 5. The van der Waals surface area contributed by atoms with Crippen LogP contribution in [-0.4, -0.2) is 31.1 Å². The normalized spacial score (nSPS) is 14.1. The van der Waals surface area contributed by atoms with Gasteiger partial charge in [-0.2, -0.15) is 10.1 Å². The van der Waals surface area contributed by atoms with Gasteiger partial charge in [-0.05, 0) is 48.4 Å². The van der Waals surface area contributed by atoms with Gasteiger partial charge in [0.2, 0.25) is 5.95 Å². The van der Waals surface area contributed by atoms with Crippen LogP contribution in [0.1, 0.15) is 78.2 Å². The second-order valence-electron chi connectivity index (χ2n) is 9.97. The summed E-state index contributed by atoms with van der Waals surface area (Å²) in [5, 5.41) is 8.77. The Morgan fingerprint density at radius 2 is 1.94 bits per heavy atom. The maximum absolute atomic E-state index is 4.64. The number of aromatic amines is 1. The van der Waals surface area contributed by atoms with E-state index in [9.17, 15) is 0 Å². The zero-order chi connectivity index (χ0) is 24.1. The van der Waals surface area contributed by atoms with Crippen molar-refractivity contribution >= 4 is 28.1 Å². The first kappa shape index (κ1) is 24.0. The summed E-state index contributed by atoms with van der Waals surface area (Å²) in [7, 11) is 0. The highest BCUT2D eigenvalue weighted by Gasteiger charge is 2.36. The first-order chi connectivity index (χ1) is 16.4. The summed E-state index contributed by atoms with van der Waals surface area (Å²) in [5.41, 5.74) is 6.57. The molecule has 4 aromatic heterocycles. The van der Waals surface area contributed by atoms with Crippen LogP contribution in [-0.2, 0) is 0 Å². The smallest absolute Gasteiger partial charge is 0.224 e. The van der Waals surface area contributed by atoms with Crippen LogP contribution in [0.5, 0.6) is 0 Å². The van der Waals surface area contributed by atoms with Crippen molar-refractivity contribution in [3.05, 3.63) is 49.1 Å². The van der Waals surface area contributed by atoms with Crippen LogP contribution in [0.25, 0.3) is 33.3 Å². The summed E-state index contributed by atoms with van der Waals surface area (Å²) < 4.78 is 1.87. The number of fused-ring (bicyclic) bond motifs is 2.